The summed E-state index contributed by atoms with van der Waals surface area (Å²) in [6, 6.07) is 7.99. The van der Waals surface area contributed by atoms with Crippen molar-refractivity contribution in [3.63, 3.8) is 0 Å². The predicted octanol–water partition coefficient (Wildman–Crippen LogP) is 1.20. The second-order valence-corrected chi connectivity index (χ2v) is 9.14. The Morgan fingerprint density at radius 1 is 1.22 bits per heavy atom. The largest absolute Gasteiger partial charge is 0.493 e. The molecule has 2 fully saturated rings. The Balaban J connectivity index is 1.51. The van der Waals surface area contributed by atoms with E-state index < -0.39 is 11.4 Å². The number of aromatic carboxylic acids is 1. The number of carboxylic acids is 1. The average molecular weight is 431 g/mol. The zero-order valence-corrected chi connectivity index (χ0v) is 17.9. The standard InChI is InChI=1S/C23H22N6O3/c1-12(2)27-8-13-10-28(11-14(13)9-27)23-24-7-15-19(30)18(22(31)32)21-25-16-5-3-4-6-17(16)29(21)20(15)26-23/h3-6,12-14H,8-11H2,1-2H3,(H-,25,30,31,32)/p+1. The van der Waals surface area contributed by atoms with Crippen LogP contribution in [0.5, 0.6) is 0 Å². The molecule has 162 valence electrons. The maximum atomic E-state index is 13.0. The fourth-order valence-corrected chi connectivity index (χ4v) is 5.30. The summed E-state index contributed by atoms with van der Waals surface area (Å²) in [6.45, 7) is 8.35. The average Bonchev–Trinajstić information content (AvgIpc) is 3.44. The third-order valence-corrected chi connectivity index (χ3v) is 6.96. The monoisotopic (exact) mass is 431 g/mol. The molecule has 0 amide bonds. The van der Waals surface area contributed by atoms with E-state index >= 15 is 0 Å². The van der Waals surface area contributed by atoms with Gasteiger partial charge in [-0.25, -0.2) is 9.69 Å². The SMILES string of the molecule is CC(C)N1CC2CN(c3nc4c(c#[n+]3)c(=O)c(C(=O)O)c3[nH]c5ccccc5n34)CC2C1. The summed E-state index contributed by atoms with van der Waals surface area (Å²) in [6.07, 6.45) is 2.82. The van der Waals surface area contributed by atoms with Gasteiger partial charge in [-0.15, -0.1) is 0 Å². The number of aromatic nitrogens is 4. The molecule has 0 bridgehead atoms. The number of fused-ring (bicyclic) bond motifs is 6. The third-order valence-electron chi connectivity index (χ3n) is 6.96. The molecular weight excluding hydrogens is 408 g/mol. The Labute approximate surface area is 183 Å². The molecule has 9 nitrogen and oxygen atoms in total. The minimum Gasteiger partial charge on any atom is -0.477 e. The highest BCUT2D eigenvalue weighted by molar-refractivity contribution is 6.01. The van der Waals surface area contributed by atoms with Gasteiger partial charge in [0.25, 0.3) is 0 Å². The van der Waals surface area contributed by atoms with Gasteiger partial charge in [-0.2, -0.15) is 4.98 Å². The molecular formula is C23H23N6O3+. The van der Waals surface area contributed by atoms with Gasteiger partial charge in [-0.1, -0.05) is 12.1 Å². The minimum atomic E-state index is -1.29. The number of rotatable bonds is 3. The number of likely N-dealkylation sites (tertiary alicyclic amines) is 1. The zero-order valence-electron chi connectivity index (χ0n) is 17.9. The van der Waals surface area contributed by atoms with Crippen molar-refractivity contribution in [2.45, 2.75) is 19.9 Å². The third kappa shape index (κ3) is 2.63. The number of carboxylic acid groups (broad SMARTS) is 1. The molecule has 0 saturated carbocycles. The molecule has 2 aliphatic rings. The van der Waals surface area contributed by atoms with Gasteiger partial charge in [0.1, 0.15) is 11.2 Å². The lowest BCUT2D eigenvalue weighted by molar-refractivity contribution is -0.283. The summed E-state index contributed by atoms with van der Waals surface area (Å²) in [5.74, 6) is 0.383. The fraction of sp³-hybridized carbons (Fsp3) is 0.391. The summed E-state index contributed by atoms with van der Waals surface area (Å²) in [5, 5.41) is 9.81. The van der Waals surface area contributed by atoms with Gasteiger partial charge in [0.15, 0.2) is 11.6 Å². The maximum absolute atomic E-state index is 13.0. The molecule has 3 aromatic heterocycles. The first-order valence-electron chi connectivity index (χ1n) is 10.9. The second kappa shape index (κ2) is 6.68. The van der Waals surface area contributed by atoms with Gasteiger partial charge in [0, 0.05) is 31.0 Å². The number of hydrogen-bond acceptors (Lipinski definition) is 5. The van der Waals surface area contributed by atoms with Crippen LogP contribution in [0.4, 0.5) is 5.95 Å². The van der Waals surface area contributed by atoms with Crippen molar-refractivity contribution in [2.75, 3.05) is 31.1 Å². The predicted molar refractivity (Wildman–Crippen MR) is 118 cm³/mol. The highest BCUT2D eigenvalue weighted by Gasteiger charge is 2.45. The molecule has 2 atom stereocenters. The number of carbonyl (C=O) groups is 1. The lowest BCUT2D eigenvalue weighted by Gasteiger charge is -2.21. The van der Waals surface area contributed by atoms with Crippen molar-refractivity contribution in [3.05, 3.63) is 46.2 Å². The van der Waals surface area contributed by atoms with E-state index in [0.29, 0.717) is 29.5 Å². The number of hydrogen-bond donors (Lipinski definition) is 2. The fourth-order valence-electron chi connectivity index (χ4n) is 5.30. The number of benzene rings is 1. The van der Waals surface area contributed by atoms with Gasteiger partial charge in [0.2, 0.25) is 11.1 Å². The van der Waals surface area contributed by atoms with E-state index in [0.717, 1.165) is 37.2 Å². The highest BCUT2D eigenvalue weighted by atomic mass is 16.4. The first-order valence-corrected chi connectivity index (χ1v) is 10.9. The first kappa shape index (κ1) is 19.1. The molecule has 2 saturated heterocycles. The molecule has 9 heteroatoms. The molecule has 0 spiro atoms. The Morgan fingerprint density at radius 3 is 2.62 bits per heavy atom. The molecule has 1 aromatic carbocycles. The van der Waals surface area contributed by atoms with Crippen LogP contribution in [-0.4, -0.2) is 62.6 Å². The summed E-state index contributed by atoms with van der Waals surface area (Å²) >= 11 is 0. The van der Waals surface area contributed by atoms with Gasteiger partial charge >= 0.3 is 11.9 Å². The van der Waals surface area contributed by atoms with Crippen LogP contribution in [0.1, 0.15) is 24.2 Å². The quantitative estimate of drug-likeness (QED) is 0.502. The smallest absolute Gasteiger partial charge is 0.477 e. The molecule has 32 heavy (non-hydrogen) atoms. The van der Waals surface area contributed by atoms with Crippen molar-refractivity contribution < 1.29 is 14.9 Å². The number of aromatic amines is 1. The van der Waals surface area contributed by atoms with Crippen LogP contribution < -0.4 is 15.3 Å². The van der Waals surface area contributed by atoms with Crippen LogP contribution in [-0.2, 0) is 0 Å². The Morgan fingerprint density at radius 2 is 1.94 bits per heavy atom. The molecule has 4 aromatic rings. The van der Waals surface area contributed by atoms with Gasteiger partial charge in [-0.05, 0) is 31.0 Å². The van der Waals surface area contributed by atoms with E-state index in [-0.39, 0.29) is 16.6 Å². The van der Waals surface area contributed by atoms with Crippen LogP contribution >= 0.6 is 0 Å². The second-order valence-electron chi connectivity index (χ2n) is 9.14. The van der Waals surface area contributed by atoms with Gasteiger partial charge < -0.3 is 15.0 Å². The molecule has 5 heterocycles. The highest BCUT2D eigenvalue weighted by Crippen LogP contribution is 2.33. The van der Waals surface area contributed by atoms with Crippen LogP contribution in [0.25, 0.3) is 27.7 Å². The number of imidazole rings is 1. The van der Waals surface area contributed by atoms with Crippen LogP contribution in [0.15, 0.2) is 29.1 Å². The zero-order chi connectivity index (χ0) is 22.1. The molecule has 2 unspecified atom stereocenters. The number of nitrogens with one attached hydrogen (secondary N) is 1. The first-order chi connectivity index (χ1) is 15.4. The topological polar surface area (TPSA) is 108 Å². The van der Waals surface area contributed by atoms with Gasteiger partial charge in [-0.3, -0.25) is 9.20 Å². The van der Waals surface area contributed by atoms with E-state index in [1.54, 1.807) is 4.40 Å². The lowest BCUT2D eigenvalue weighted by Crippen LogP contribution is -2.34. The van der Waals surface area contributed by atoms with Crippen LogP contribution in [0, 0.1) is 18.0 Å². The van der Waals surface area contributed by atoms with Crippen molar-refractivity contribution in [1.82, 2.24) is 19.3 Å². The van der Waals surface area contributed by atoms with Crippen molar-refractivity contribution in [1.29, 1.82) is 0 Å². The van der Waals surface area contributed by atoms with E-state index in [1.165, 1.54) is 0 Å². The molecule has 2 aliphatic heterocycles. The van der Waals surface area contributed by atoms with E-state index in [2.05, 4.69) is 39.8 Å². The summed E-state index contributed by atoms with van der Waals surface area (Å²) in [4.78, 5) is 41.8. The maximum Gasteiger partial charge on any atom is 0.493 e. The normalized spacial score (nSPS) is 21.2. The van der Waals surface area contributed by atoms with E-state index in [1.807, 2.05) is 24.3 Å². The molecule has 2 N–H and O–H groups in total. The summed E-state index contributed by atoms with van der Waals surface area (Å²) in [7, 11) is 0. The molecule has 0 radical (unpaired) electrons. The minimum absolute atomic E-state index is 0.0822. The van der Waals surface area contributed by atoms with E-state index in [4.69, 9.17) is 4.98 Å². The van der Waals surface area contributed by atoms with Crippen molar-refractivity contribution in [2.24, 2.45) is 11.8 Å². The van der Waals surface area contributed by atoms with Crippen molar-refractivity contribution >= 4 is 39.6 Å². The Bertz CT molecular complexity index is 1440. The summed E-state index contributed by atoms with van der Waals surface area (Å²) in [5.41, 5.74) is 1.12. The van der Waals surface area contributed by atoms with E-state index in [9.17, 15) is 14.7 Å². The Kier molecular flexibility index (Phi) is 3.98. The number of anilines is 1. The number of pyridine rings is 1. The van der Waals surface area contributed by atoms with Gasteiger partial charge in [0.05, 0.1) is 24.1 Å². The molecule has 6 rings (SSSR count). The number of para-hydroxylation sites is 2. The summed E-state index contributed by atoms with van der Waals surface area (Å²) < 4.78 is 1.70. The van der Waals surface area contributed by atoms with Crippen molar-refractivity contribution in [3.8, 4) is 0 Å². The van der Waals surface area contributed by atoms with Crippen LogP contribution in [0.3, 0.4) is 0 Å². The van der Waals surface area contributed by atoms with Crippen LogP contribution in [0.2, 0.25) is 0 Å². The number of H-pyrrole nitrogens is 1. The number of nitrogens with zero attached hydrogens (tertiary/aromatic N) is 5. The molecule has 0 aliphatic carbocycles. The Hall–Kier alpha value is -3.64. The lowest BCUT2D eigenvalue weighted by atomic mass is 10.0.